The minimum atomic E-state index is -0.412. The summed E-state index contributed by atoms with van der Waals surface area (Å²) in [6.07, 6.45) is 4.71. The highest BCUT2D eigenvalue weighted by molar-refractivity contribution is 5.82. The molecule has 1 rings (SSSR count). The molecule has 0 spiro atoms. The van der Waals surface area contributed by atoms with E-state index in [0.29, 0.717) is 6.04 Å². The first-order valence-electron chi connectivity index (χ1n) is 6.36. The molecule has 0 saturated heterocycles. The van der Waals surface area contributed by atoms with Crippen LogP contribution in [0, 0.1) is 11.3 Å². The number of rotatable bonds is 2. The van der Waals surface area contributed by atoms with Crippen molar-refractivity contribution in [3.63, 3.8) is 0 Å². The fraction of sp³-hybridized carbons (Fsp3) is 0.923. The number of carbonyl (C=O) groups excluding carboxylic acids is 1. The van der Waals surface area contributed by atoms with E-state index in [9.17, 15) is 4.79 Å². The molecular formula is C13H26N2O. The van der Waals surface area contributed by atoms with Gasteiger partial charge in [0.05, 0.1) is 6.04 Å². The summed E-state index contributed by atoms with van der Waals surface area (Å²) in [6.45, 7) is 8.25. The fourth-order valence-electron chi connectivity index (χ4n) is 2.25. The van der Waals surface area contributed by atoms with Gasteiger partial charge in [-0.2, -0.15) is 0 Å². The molecule has 0 heterocycles. The molecule has 1 aliphatic rings. The van der Waals surface area contributed by atoms with E-state index in [4.69, 9.17) is 5.73 Å². The molecule has 16 heavy (non-hydrogen) atoms. The van der Waals surface area contributed by atoms with Crippen molar-refractivity contribution >= 4 is 5.91 Å². The molecule has 0 aliphatic heterocycles. The van der Waals surface area contributed by atoms with Crippen LogP contribution in [-0.2, 0) is 4.79 Å². The quantitative estimate of drug-likeness (QED) is 0.757. The van der Waals surface area contributed by atoms with E-state index in [1.165, 1.54) is 12.8 Å². The maximum Gasteiger partial charge on any atom is 0.237 e. The Bertz CT molecular complexity index is 245. The molecule has 0 bridgehead atoms. The van der Waals surface area contributed by atoms with Crippen LogP contribution in [0.15, 0.2) is 0 Å². The van der Waals surface area contributed by atoms with Gasteiger partial charge in [-0.05, 0) is 24.2 Å². The van der Waals surface area contributed by atoms with Gasteiger partial charge in [0, 0.05) is 6.04 Å². The van der Waals surface area contributed by atoms with Gasteiger partial charge in [-0.15, -0.1) is 0 Å². The van der Waals surface area contributed by atoms with E-state index in [1.54, 1.807) is 0 Å². The fourth-order valence-corrected chi connectivity index (χ4v) is 2.25. The Morgan fingerprint density at radius 2 is 2.00 bits per heavy atom. The van der Waals surface area contributed by atoms with Crippen molar-refractivity contribution < 1.29 is 4.79 Å². The second-order valence-corrected chi connectivity index (χ2v) is 6.32. The Morgan fingerprint density at radius 3 is 2.50 bits per heavy atom. The van der Waals surface area contributed by atoms with Gasteiger partial charge < -0.3 is 11.1 Å². The first kappa shape index (κ1) is 13.5. The lowest BCUT2D eigenvalue weighted by Gasteiger charge is -2.31. The standard InChI is InChI=1S/C13H26N2O/c1-9-6-5-7-10(8-9)15-12(16)11(14)13(2,3)4/h9-11H,5-8,14H2,1-4H3,(H,15,16)/t9?,10?,11-/m0/s1. The molecule has 94 valence electrons. The van der Waals surface area contributed by atoms with Crippen molar-refractivity contribution in [1.82, 2.24) is 5.32 Å². The summed E-state index contributed by atoms with van der Waals surface area (Å²) in [5.74, 6) is 0.733. The first-order chi connectivity index (χ1) is 7.30. The topological polar surface area (TPSA) is 55.1 Å². The second kappa shape index (κ2) is 5.17. The predicted molar refractivity (Wildman–Crippen MR) is 67.0 cm³/mol. The van der Waals surface area contributed by atoms with E-state index in [0.717, 1.165) is 18.8 Å². The van der Waals surface area contributed by atoms with E-state index in [-0.39, 0.29) is 11.3 Å². The van der Waals surface area contributed by atoms with Crippen molar-refractivity contribution in [1.29, 1.82) is 0 Å². The zero-order valence-corrected chi connectivity index (χ0v) is 11.0. The minimum absolute atomic E-state index is 0.00611. The molecule has 3 N–H and O–H groups in total. The molecule has 3 heteroatoms. The summed E-state index contributed by atoms with van der Waals surface area (Å²) in [4.78, 5) is 11.9. The summed E-state index contributed by atoms with van der Waals surface area (Å²) < 4.78 is 0. The highest BCUT2D eigenvalue weighted by atomic mass is 16.2. The van der Waals surface area contributed by atoms with Crippen LogP contribution in [-0.4, -0.2) is 18.0 Å². The molecular weight excluding hydrogens is 200 g/mol. The van der Waals surface area contributed by atoms with Crippen molar-refractivity contribution in [3.8, 4) is 0 Å². The zero-order chi connectivity index (χ0) is 12.3. The highest BCUT2D eigenvalue weighted by Gasteiger charge is 2.29. The van der Waals surface area contributed by atoms with Gasteiger partial charge in [-0.1, -0.05) is 40.5 Å². The summed E-state index contributed by atoms with van der Waals surface area (Å²) in [5.41, 5.74) is 5.77. The van der Waals surface area contributed by atoms with Crippen LogP contribution < -0.4 is 11.1 Å². The zero-order valence-electron chi connectivity index (χ0n) is 11.0. The van der Waals surface area contributed by atoms with Crippen LogP contribution in [0.1, 0.15) is 53.4 Å². The minimum Gasteiger partial charge on any atom is -0.352 e. The highest BCUT2D eigenvalue weighted by Crippen LogP contribution is 2.24. The van der Waals surface area contributed by atoms with Gasteiger partial charge in [-0.25, -0.2) is 0 Å². The van der Waals surface area contributed by atoms with Crippen LogP contribution >= 0.6 is 0 Å². The second-order valence-electron chi connectivity index (χ2n) is 6.32. The summed E-state index contributed by atoms with van der Waals surface area (Å²) in [6, 6.07) is -0.0746. The van der Waals surface area contributed by atoms with Crippen LogP contribution in [0.3, 0.4) is 0 Å². The molecule has 1 fully saturated rings. The van der Waals surface area contributed by atoms with Gasteiger partial charge >= 0.3 is 0 Å². The van der Waals surface area contributed by atoms with Crippen LogP contribution in [0.2, 0.25) is 0 Å². The summed E-state index contributed by atoms with van der Waals surface area (Å²) in [5, 5.41) is 3.09. The lowest BCUT2D eigenvalue weighted by atomic mass is 9.84. The van der Waals surface area contributed by atoms with E-state index >= 15 is 0 Å². The maximum absolute atomic E-state index is 11.9. The third-order valence-corrected chi connectivity index (χ3v) is 3.50. The van der Waals surface area contributed by atoms with Gasteiger partial charge in [-0.3, -0.25) is 4.79 Å². The normalized spacial score (nSPS) is 28.6. The Morgan fingerprint density at radius 1 is 1.38 bits per heavy atom. The van der Waals surface area contributed by atoms with Gasteiger partial charge in [0.2, 0.25) is 5.91 Å². The average molecular weight is 226 g/mol. The molecule has 2 unspecified atom stereocenters. The molecule has 0 aromatic heterocycles. The van der Waals surface area contributed by atoms with Crippen LogP contribution in [0.4, 0.5) is 0 Å². The van der Waals surface area contributed by atoms with Crippen molar-refractivity contribution in [3.05, 3.63) is 0 Å². The molecule has 1 saturated carbocycles. The van der Waals surface area contributed by atoms with Crippen molar-refractivity contribution in [2.45, 2.75) is 65.5 Å². The van der Waals surface area contributed by atoms with E-state index in [2.05, 4.69) is 12.2 Å². The molecule has 1 aliphatic carbocycles. The van der Waals surface area contributed by atoms with E-state index < -0.39 is 6.04 Å². The van der Waals surface area contributed by atoms with Gasteiger partial charge in [0.25, 0.3) is 0 Å². The maximum atomic E-state index is 11.9. The molecule has 3 atom stereocenters. The van der Waals surface area contributed by atoms with Gasteiger partial charge in [0.1, 0.15) is 0 Å². The number of nitrogens with two attached hydrogens (primary N) is 1. The van der Waals surface area contributed by atoms with Gasteiger partial charge in [0.15, 0.2) is 0 Å². The van der Waals surface area contributed by atoms with Crippen molar-refractivity contribution in [2.24, 2.45) is 17.1 Å². The lowest BCUT2D eigenvalue weighted by Crippen LogP contribution is -2.52. The molecule has 0 radical (unpaired) electrons. The number of hydrogen-bond acceptors (Lipinski definition) is 2. The Hall–Kier alpha value is -0.570. The molecule has 0 aromatic carbocycles. The van der Waals surface area contributed by atoms with Crippen LogP contribution in [0.5, 0.6) is 0 Å². The Labute approximate surface area is 99.2 Å². The van der Waals surface area contributed by atoms with E-state index in [1.807, 2.05) is 20.8 Å². The third-order valence-electron chi connectivity index (χ3n) is 3.50. The molecule has 3 nitrogen and oxygen atoms in total. The monoisotopic (exact) mass is 226 g/mol. The Kier molecular flexibility index (Phi) is 4.36. The Balaban J connectivity index is 2.45. The first-order valence-corrected chi connectivity index (χ1v) is 6.36. The number of nitrogens with one attached hydrogen (secondary N) is 1. The number of carbonyl (C=O) groups is 1. The number of hydrogen-bond donors (Lipinski definition) is 2. The van der Waals surface area contributed by atoms with Crippen LogP contribution in [0.25, 0.3) is 0 Å². The third kappa shape index (κ3) is 3.78. The summed E-state index contributed by atoms with van der Waals surface area (Å²) in [7, 11) is 0. The predicted octanol–water partition coefficient (Wildman–Crippen LogP) is 2.05. The molecule has 0 aromatic rings. The lowest BCUT2D eigenvalue weighted by molar-refractivity contribution is -0.125. The summed E-state index contributed by atoms with van der Waals surface area (Å²) >= 11 is 0. The average Bonchev–Trinajstić information content (AvgIpc) is 2.15. The smallest absolute Gasteiger partial charge is 0.237 e. The largest absolute Gasteiger partial charge is 0.352 e. The SMILES string of the molecule is CC1CCCC(NC(=O)[C@H](N)C(C)(C)C)C1. The number of amides is 1. The van der Waals surface area contributed by atoms with Crippen molar-refractivity contribution in [2.75, 3.05) is 0 Å². The molecule has 1 amide bonds.